The van der Waals surface area contributed by atoms with Crippen molar-refractivity contribution in [3.63, 3.8) is 0 Å². The average Bonchev–Trinajstić information content (AvgIpc) is 2.55. The van der Waals surface area contributed by atoms with Crippen LogP contribution < -0.4 is 10.7 Å². The van der Waals surface area contributed by atoms with E-state index < -0.39 is 28.8 Å². The molecule has 0 fully saturated rings. The van der Waals surface area contributed by atoms with Crippen LogP contribution in [0.4, 0.5) is 18.9 Å². The number of carbonyl (C=O) groups is 1. The maximum absolute atomic E-state index is 13.0. The van der Waals surface area contributed by atoms with Gasteiger partial charge in [0, 0.05) is 6.07 Å². The molecule has 3 rings (SSSR count). The van der Waals surface area contributed by atoms with E-state index in [-0.39, 0.29) is 11.3 Å². The number of rotatable bonds is 2. The summed E-state index contributed by atoms with van der Waals surface area (Å²) in [6.07, 6.45) is -4.62. The number of aryl methyl sites for hydroxylation is 1. The third-order valence-corrected chi connectivity index (χ3v) is 3.66. The van der Waals surface area contributed by atoms with Gasteiger partial charge in [-0.1, -0.05) is 24.3 Å². The van der Waals surface area contributed by atoms with Crippen LogP contribution in [-0.4, -0.2) is 5.91 Å². The molecule has 0 saturated heterocycles. The summed E-state index contributed by atoms with van der Waals surface area (Å²) in [5.74, 6) is -1.29. The van der Waals surface area contributed by atoms with Crippen LogP contribution in [0.1, 0.15) is 21.7 Å². The highest BCUT2D eigenvalue weighted by Crippen LogP contribution is 2.34. The summed E-state index contributed by atoms with van der Waals surface area (Å²) in [7, 11) is 0. The largest absolute Gasteiger partial charge is 0.450 e. The first-order chi connectivity index (χ1) is 11.8. The molecule has 0 unspecified atom stereocenters. The molecule has 7 heteroatoms. The van der Waals surface area contributed by atoms with Crippen molar-refractivity contribution in [1.29, 1.82) is 0 Å². The molecular weight excluding hydrogens is 335 g/mol. The van der Waals surface area contributed by atoms with Crippen molar-refractivity contribution in [1.82, 2.24) is 0 Å². The molecular formula is C18H12F3NO3. The Hall–Kier alpha value is -3.09. The Balaban J connectivity index is 2.02. The molecule has 0 atom stereocenters. The lowest BCUT2D eigenvalue weighted by Gasteiger charge is -2.13. The Labute approximate surface area is 139 Å². The maximum Gasteiger partial charge on any atom is 0.418 e. The highest BCUT2D eigenvalue weighted by Gasteiger charge is 2.33. The SMILES string of the molecule is Cc1cccc2c(=O)cc(C(=O)Nc3ccccc3C(F)(F)F)oc12. The van der Waals surface area contributed by atoms with Gasteiger partial charge in [-0.3, -0.25) is 9.59 Å². The Morgan fingerprint density at radius 1 is 1.08 bits per heavy atom. The van der Waals surface area contributed by atoms with Gasteiger partial charge in [0.15, 0.2) is 11.2 Å². The van der Waals surface area contributed by atoms with Crippen molar-refractivity contribution in [3.8, 4) is 0 Å². The first kappa shape index (κ1) is 16.8. The minimum absolute atomic E-state index is 0.226. The molecule has 0 aliphatic carbocycles. The van der Waals surface area contributed by atoms with E-state index in [4.69, 9.17) is 4.42 Å². The standard InChI is InChI=1S/C18H12F3NO3/c1-10-5-4-6-11-14(23)9-15(25-16(10)11)17(24)22-13-8-3-2-7-12(13)18(19,20)21/h2-9H,1H3,(H,22,24). The highest BCUT2D eigenvalue weighted by atomic mass is 19.4. The topological polar surface area (TPSA) is 59.3 Å². The fourth-order valence-electron chi connectivity index (χ4n) is 2.45. The minimum atomic E-state index is -4.62. The Morgan fingerprint density at radius 3 is 2.52 bits per heavy atom. The zero-order chi connectivity index (χ0) is 18.2. The zero-order valence-corrected chi connectivity index (χ0v) is 13.0. The maximum atomic E-state index is 13.0. The fourth-order valence-corrected chi connectivity index (χ4v) is 2.45. The number of hydrogen-bond donors (Lipinski definition) is 1. The van der Waals surface area contributed by atoms with E-state index in [1.165, 1.54) is 12.1 Å². The van der Waals surface area contributed by atoms with Crippen LogP contribution in [0.15, 0.2) is 57.7 Å². The number of nitrogens with one attached hydrogen (secondary N) is 1. The summed E-state index contributed by atoms with van der Waals surface area (Å²) in [6.45, 7) is 1.70. The van der Waals surface area contributed by atoms with Gasteiger partial charge < -0.3 is 9.73 Å². The van der Waals surface area contributed by atoms with Gasteiger partial charge in [0.1, 0.15) is 5.58 Å². The Bertz CT molecular complexity index is 1020. The molecule has 0 bridgehead atoms. The predicted octanol–water partition coefficient (Wildman–Crippen LogP) is 4.37. The van der Waals surface area contributed by atoms with Crippen LogP contribution >= 0.6 is 0 Å². The molecule has 4 nitrogen and oxygen atoms in total. The van der Waals surface area contributed by atoms with Gasteiger partial charge in [0.25, 0.3) is 5.91 Å². The van der Waals surface area contributed by atoms with Gasteiger partial charge in [-0.05, 0) is 30.7 Å². The van der Waals surface area contributed by atoms with Gasteiger partial charge in [-0.2, -0.15) is 13.2 Å². The first-order valence-electron chi connectivity index (χ1n) is 7.28. The molecule has 1 N–H and O–H groups in total. The van der Waals surface area contributed by atoms with Crippen molar-refractivity contribution < 1.29 is 22.4 Å². The lowest BCUT2D eigenvalue weighted by atomic mass is 10.1. The van der Waals surface area contributed by atoms with Crippen LogP contribution in [0.2, 0.25) is 0 Å². The second-order valence-electron chi connectivity index (χ2n) is 5.42. The normalized spacial score (nSPS) is 11.5. The lowest BCUT2D eigenvalue weighted by molar-refractivity contribution is -0.136. The molecule has 0 spiro atoms. The van der Waals surface area contributed by atoms with Crippen LogP contribution in [0.25, 0.3) is 11.0 Å². The van der Waals surface area contributed by atoms with Gasteiger partial charge in [0.05, 0.1) is 16.6 Å². The van der Waals surface area contributed by atoms with Gasteiger partial charge in [0.2, 0.25) is 0 Å². The third-order valence-electron chi connectivity index (χ3n) is 3.66. The molecule has 3 aromatic rings. The third kappa shape index (κ3) is 3.26. The van der Waals surface area contributed by atoms with E-state index in [0.717, 1.165) is 18.2 Å². The summed E-state index contributed by atoms with van der Waals surface area (Å²) >= 11 is 0. The summed E-state index contributed by atoms with van der Waals surface area (Å²) in [5.41, 5.74) is -0.974. The molecule has 2 aromatic carbocycles. The molecule has 0 aliphatic rings. The van der Waals surface area contributed by atoms with Crippen LogP contribution in [0.5, 0.6) is 0 Å². The smallest absolute Gasteiger partial charge is 0.418 e. The average molecular weight is 347 g/mol. The molecule has 25 heavy (non-hydrogen) atoms. The summed E-state index contributed by atoms with van der Waals surface area (Å²) in [4.78, 5) is 24.4. The van der Waals surface area contributed by atoms with Crippen molar-refractivity contribution in [2.24, 2.45) is 0 Å². The second-order valence-corrected chi connectivity index (χ2v) is 5.42. The summed E-state index contributed by atoms with van der Waals surface area (Å²) in [5, 5.41) is 2.45. The number of hydrogen-bond acceptors (Lipinski definition) is 3. The lowest BCUT2D eigenvalue weighted by Crippen LogP contribution is -2.18. The fraction of sp³-hybridized carbons (Fsp3) is 0.111. The number of amides is 1. The summed E-state index contributed by atoms with van der Waals surface area (Å²) < 4.78 is 44.4. The van der Waals surface area contributed by atoms with E-state index in [1.807, 2.05) is 0 Å². The number of benzene rings is 2. The number of alkyl halides is 3. The number of anilines is 1. The van der Waals surface area contributed by atoms with Crippen molar-refractivity contribution in [2.45, 2.75) is 13.1 Å². The number of halogens is 3. The van der Waals surface area contributed by atoms with Crippen LogP contribution in [-0.2, 0) is 6.18 Å². The van der Waals surface area contributed by atoms with Crippen LogP contribution in [0.3, 0.4) is 0 Å². The monoisotopic (exact) mass is 347 g/mol. The molecule has 0 saturated carbocycles. The number of fused-ring (bicyclic) bond motifs is 1. The Kier molecular flexibility index (Phi) is 4.08. The van der Waals surface area contributed by atoms with Crippen molar-refractivity contribution in [3.05, 3.63) is 75.6 Å². The van der Waals surface area contributed by atoms with Gasteiger partial charge in [-0.25, -0.2) is 0 Å². The second kappa shape index (κ2) is 6.08. The van der Waals surface area contributed by atoms with Gasteiger partial charge in [-0.15, -0.1) is 0 Å². The highest BCUT2D eigenvalue weighted by molar-refractivity contribution is 6.03. The number of carbonyl (C=O) groups excluding carboxylic acids is 1. The minimum Gasteiger partial charge on any atom is -0.450 e. The molecule has 1 aromatic heterocycles. The van der Waals surface area contributed by atoms with E-state index in [0.29, 0.717) is 10.9 Å². The first-order valence-corrected chi connectivity index (χ1v) is 7.28. The predicted molar refractivity (Wildman–Crippen MR) is 86.6 cm³/mol. The van der Waals surface area contributed by atoms with E-state index in [2.05, 4.69) is 5.32 Å². The Morgan fingerprint density at radius 2 is 1.80 bits per heavy atom. The van der Waals surface area contributed by atoms with E-state index in [9.17, 15) is 22.8 Å². The molecule has 1 amide bonds. The van der Waals surface area contributed by atoms with E-state index >= 15 is 0 Å². The summed E-state index contributed by atoms with van der Waals surface area (Å²) in [6, 6.07) is 10.5. The quantitative estimate of drug-likeness (QED) is 0.749. The molecule has 128 valence electrons. The van der Waals surface area contributed by atoms with Crippen molar-refractivity contribution in [2.75, 3.05) is 5.32 Å². The zero-order valence-electron chi connectivity index (χ0n) is 13.0. The molecule has 0 radical (unpaired) electrons. The van der Waals surface area contributed by atoms with E-state index in [1.54, 1.807) is 25.1 Å². The number of para-hydroxylation sites is 2. The van der Waals surface area contributed by atoms with Gasteiger partial charge >= 0.3 is 6.18 Å². The van der Waals surface area contributed by atoms with Crippen LogP contribution in [0, 0.1) is 6.92 Å². The molecule has 0 aliphatic heterocycles. The molecule has 1 heterocycles. The van der Waals surface area contributed by atoms with Crippen molar-refractivity contribution >= 4 is 22.6 Å².